The summed E-state index contributed by atoms with van der Waals surface area (Å²) in [5.74, 6) is -6.23. The zero-order valence-corrected chi connectivity index (χ0v) is 41.1. The first-order valence-electron chi connectivity index (χ1n) is 22.2. The molecule has 2 aliphatic heterocycles. The molecule has 0 aromatic heterocycles. The normalized spacial score (nSPS) is 21.2. The summed E-state index contributed by atoms with van der Waals surface area (Å²) in [7, 11) is -8.60. The molecule has 0 saturated carbocycles. The molecule has 2 unspecified atom stereocenters. The number of hydrogen-bond acceptors (Lipinski definition) is 20. The van der Waals surface area contributed by atoms with E-state index >= 15 is 0 Å². The third-order valence-electron chi connectivity index (χ3n) is 10.5. The molecule has 0 aliphatic carbocycles. The van der Waals surface area contributed by atoms with E-state index in [1.54, 1.807) is 0 Å². The van der Waals surface area contributed by atoms with Crippen molar-refractivity contribution in [3.8, 4) is 0 Å². The second-order valence-corrected chi connectivity index (χ2v) is 19.7. The predicted molar refractivity (Wildman–Crippen MR) is 247 cm³/mol. The third-order valence-corrected chi connectivity index (χ3v) is 13.4. The first-order chi connectivity index (χ1) is 34.7. The van der Waals surface area contributed by atoms with E-state index in [0.29, 0.717) is 0 Å². The molecule has 0 spiro atoms. The number of rotatable bonds is 28. The van der Waals surface area contributed by atoms with E-state index < -0.39 is 163 Å². The Kier molecular flexibility index (Phi) is 23.5. The van der Waals surface area contributed by atoms with E-state index in [4.69, 9.17) is 30.4 Å². The number of alkyl carbamates (subject to hydrolysis) is 2. The van der Waals surface area contributed by atoms with Crippen molar-refractivity contribution in [3.05, 3.63) is 47.9 Å². The van der Waals surface area contributed by atoms with E-state index in [1.165, 1.54) is 6.07 Å². The Morgan fingerprint density at radius 1 is 0.608 bits per heavy atom. The Labute approximate surface area is 422 Å². The van der Waals surface area contributed by atoms with Crippen molar-refractivity contribution in [1.29, 1.82) is 0 Å². The minimum absolute atomic E-state index is 0.0961. The molecule has 74 heavy (non-hydrogen) atoms. The van der Waals surface area contributed by atoms with E-state index in [2.05, 4.69) is 41.3 Å². The van der Waals surface area contributed by atoms with Crippen molar-refractivity contribution in [2.24, 2.45) is 11.5 Å². The number of nitrogens with two attached hydrogens (primary N) is 2. The fraction of sp³-hybridized carbons (Fsp3) is 0.550. The predicted octanol–water partition coefficient (Wildman–Crippen LogP) is -5.48. The van der Waals surface area contributed by atoms with Gasteiger partial charge in [-0.05, 0) is 56.0 Å². The van der Waals surface area contributed by atoms with Crippen molar-refractivity contribution in [2.75, 3.05) is 39.4 Å². The number of sulfonamides is 2. The standard InChI is InChI=1S/C40H60N10O22S2/c1-19(53)47-29-23(49-37(41)61)15-27(35(57)58)69-33(29)31(25(55)17-51)71-39(63)43-10-3-5-12-45-73(65,66)21-8-7-9-22(14-21)74(67,68)46-13-6-4-11-44-40(64)72-32(26(56)18-52)34-30(48-20(2)54)24(50-38(42)62)16-28(70-34)36(59)60/h7-9,14-16,23-26,29-34,45-46,51-52,55-56H,3-6,10-13,17-18H2,1-2H3,(H,43,63)(H,44,64)(H,47,53)(H,48,54)(H,57,58)(H,59,60)(H3,41,49,61)(H3,42,50,62)/t23-,24-,25+,26+,29+,30+,31+,32+,33?,34?/m0/s1. The Hall–Kier alpha value is -7.08. The largest absolute Gasteiger partial charge is 0.477 e. The van der Waals surface area contributed by atoms with Crippen LogP contribution in [0.15, 0.2) is 57.7 Å². The fourth-order valence-corrected chi connectivity index (χ4v) is 9.50. The second kappa shape index (κ2) is 28.4. The SMILES string of the molecule is CC(=O)N[C@H]1C([C@H](OC(=O)NCCCCNS(=O)(=O)c2cccc(S(=O)(=O)NCCCCNC(=O)O[C@@H](C3OC(C(=O)O)=C[C@H](NC(N)=O)[C@H]3NC(C)=O)[C@H](O)CO)c2)[C@H](O)CO)OC(C(=O)O)=C[C@@H]1NC(N)=O. The highest BCUT2D eigenvalue weighted by molar-refractivity contribution is 7.90. The highest BCUT2D eigenvalue weighted by atomic mass is 32.2. The number of urea groups is 2. The highest BCUT2D eigenvalue weighted by Crippen LogP contribution is 2.27. The van der Waals surface area contributed by atoms with Crippen LogP contribution in [0.4, 0.5) is 19.2 Å². The summed E-state index contributed by atoms with van der Waals surface area (Å²) in [5, 5.41) is 73.6. The summed E-state index contributed by atoms with van der Waals surface area (Å²) in [4.78, 5) is 95.7. The first-order valence-corrected chi connectivity index (χ1v) is 25.1. The molecule has 1 aromatic carbocycles. The number of primary amides is 2. The number of aliphatic hydroxyl groups excluding tert-OH is 4. The van der Waals surface area contributed by atoms with Gasteiger partial charge < -0.3 is 93.0 Å². The quantitative estimate of drug-likeness (QED) is 0.0348. The first kappa shape index (κ1) is 61.2. The topological polar surface area (TPSA) is 511 Å². The molecule has 18 N–H and O–H groups in total. The number of aliphatic hydroxyl groups is 4. The molecule has 0 bridgehead atoms. The minimum atomic E-state index is -4.30. The molecular weight excluding hydrogens is 1040 g/mol. The maximum Gasteiger partial charge on any atom is 0.407 e. The number of carboxylic acids is 2. The molecule has 10 atom stereocenters. The van der Waals surface area contributed by atoms with Crippen LogP contribution in [-0.2, 0) is 58.2 Å². The van der Waals surface area contributed by atoms with Gasteiger partial charge in [-0.25, -0.2) is 55.0 Å². The van der Waals surface area contributed by atoms with Gasteiger partial charge in [0.25, 0.3) is 0 Å². The summed E-state index contributed by atoms with van der Waals surface area (Å²) >= 11 is 0. The average molecular weight is 1100 g/mol. The van der Waals surface area contributed by atoms with Crippen LogP contribution >= 0.6 is 0 Å². The van der Waals surface area contributed by atoms with Crippen LogP contribution in [-0.4, -0.2) is 196 Å². The van der Waals surface area contributed by atoms with E-state index in [-0.39, 0.29) is 51.9 Å². The lowest BCUT2D eigenvalue weighted by molar-refractivity contribution is -0.147. The molecule has 8 amide bonds. The number of benzene rings is 1. The summed E-state index contributed by atoms with van der Waals surface area (Å²) < 4.78 is 78.4. The van der Waals surface area contributed by atoms with Crippen molar-refractivity contribution < 1.29 is 105 Å². The van der Waals surface area contributed by atoms with Crippen LogP contribution in [0.5, 0.6) is 0 Å². The van der Waals surface area contributed by atoms with Gasteiger partial charge >= 0.3 is 36.2 Å². The molecule has 414 valence electrons. The molecule has 2 heterocycles. The number of aliphatic carboxylic acids is 2. The average Bonchev–Trinajstić information content (AvgIpc) is 3.32. The van der Waals surface area contributed by atoms with Crippen LogP contribution in [0.2, 0.25) is 0 Å². The molecule has 34 heteroatoms. The summed E-state index contributed by atoms with van der Waals surface area (Å²) in [6.07, 6.45) is -11.1. The summed E-state index contributed by atoms with van der Waals surface area (Å²) in [5.41, 5.74) is 10.4. The molecule has 1 aromatic rings. The van der Waals surface area contributed by atoms with Gasteiger partial charge in [-0.15, -0.1) is 0 Å². The lowest BCUT2D eigenvalue weighted by Crippen LogP contribution is -2.64. The van der Waals surface area contributed by atoms with Crippen LogP contribution in [0, 0.1) is 0 Å². The number of carboxylic acid groups (broad SMARTS) is 2. The van der Waals surface area contributed by atoms with E-state index in [9.17, 15) is 85.8 Å². The van der Waals surface area contributed by atoms with Gasteiger partial charge in [-0.1, -0.05) is 6.07 Å². The number of carbonyl (C=O) groups is 8. The fourth-order valence-electron chi connectivity index (χ4n) is 7.19. The Bertz CT molecular complexity index is 2320. The van der Waals surface area contributed by atoms with Gasteiger partial charge in [0.1, 0.15) is 12.2 Å². The van der Waals surface area contributed by atoms with Gasteiger partial charge in [0.05, 0.1) is 47.2 Å². The highest BCUT2D eigenvalue weighted by Gasteiger charge is 2.48. The van der Waals surface area contributed by atoms with Crippen LogP contribution < -0.4 is 52.8 Å². The number of nitrogens with one attached hydrogen (secondary N) is 8. The zero-order chi connectivity index (χ0) is 55.5. The van der Waals surface area contributed by atoms with Crippen molar-refractivity contribution in [3.63, 3.8) is 0 Å². The number of carbonyl (C=O) groups excluding carboxylic acids is 6. The molecule has 3 rings (SSSR count). The lowest BCUT2D eigenvalue weighted by atomic mass is 9.92. The van der Waals surface area contributed by atoms with E-state index in [0.717, 1.165) is 44.2 Å². The maximum atomic E-state index is 13.1. The Morgan fingerprint density at radius 2 is 0.959 bits per heavy atom. The number of amides is 8. The van der Waals surface area contributed by atoms with Gasteiger partial charge in [0.2, 0.25) is 43.4 Å². The summed E-state index contributed by atoms with van der Waals surface area (Å²) in [6, 6.07) is -3.35. The third kappa shape index (κ3) is 18.8. The maximum absolute atomic E-state index is 13.1. The van der Waals surface area contributed by atoms with Crippen LogP contribution in [0.1, 0.15) is 39.5 Å². The molecular formula is C40H60N10O22S2. The monoisotopic (exact) mass is 1100 g/mol. The number of hydrogen-bond donors (Lipinski definition) is 16. The number of ether oxygens (including phenoxy) is 4. The van der Waals surface area contributed by atoms with E-state index in [1.807, 2.05) is 0 Å². The molecule has 0 radical (unpaired) electrons. The van der Waals surface area contributed by atoms with Crippen molar-refractivity contribution in [2.45, 2.75) is 110 Å². The smallest absolute Gasteiger partial charge is 0.407 e. The molecule has 2 aliphatic rings. The van der Waals surface area contributed by atoms with Crippen LogP contribution in [0.3, 0.4) is 0 Å². The number of unbranched alkanes of at least 4 members (excludes halogenated alkanes) is 2. The molecule has 0 fully saturated rings. The van der Waals surface area contributed by atoms with Gasteiger partial charge in [-0.2, -0.15) is 0 Å². The molecule has 0 saturated heterocycles. The van der Waals surface area contributed by atoms with Gasteiger partial charge in [0, 0.05) is 40.0 Å². The molecule has 32 nitrogen and oxygen atoms in total. The minimum Gasteiger partial charge on any atom is -0.477 e. The second-order valence-electron chi connectivity index (χ2n) is 16.1. The van der Waals surface area contributed by atoms with Crippen LogP contribution in [0.25, 0.3) is 0 Å². The Balaban J connectivity index is 1.51. The van der Waals surface area contributed by atoms with Gasteiger partial charge in [-0.3, -0.25) is 9.59 Å². The van der Waals surface area contributed by atoms with Crippen molar-refractivity contribution in [1.82, 2.24) is 41.3 Å². The van der Waals surface area contributed by atoms with Gasteiger partial charge in [0.15, 0.2) is 24.4 Å². The van der Waals surface area contributed by atoms with Crippen molar-refractivity contribution >= 4 is 68.0 Å². The Morgan fingerprint density at radius 3 is 1.27 bits per heavy atom. The lowest BCUT2D eigenvalue weighted by Gasteiger charge is -2.41. The zero-order valence-electron chi connectivity index (χ0n) is 39.5. The summed E-state index contributed by atoms with van der Waals surface area (Å²) in [6.45, 7) is -0.653.